The zero-order valence-electron chi connectivity index (χ0n) is 20.1. The molecule has 1 unspecified atom stereocenters. The van der Waals surface area contributed by atoms with Crippen LogP contribution in [0.4, 0.5) is 0 Å². The molecule has 0 aromatic heterocycles. The number of aliphatic carboxylic acids is 1. The van der Waals surface area contributed by atoms with Gasteiger partial charge in [-0.25, -0.2) is 4.79 Å². The number of nitrogens with zero attached hydrogens (tertiary/aromatic N) is 3. The third-order valence-electron chi connectivity index (χ3n) is 5.47. The van der Waals surface area contributed by atoms with Crippen LogP contribution in [0.1, 0.15) is 47.4 Å². The number of piperidine rings is 1. The molecule has 0 spiro atoms. The Labute approximate surface area is 202 Å². The van der Waals surface area contributed by atoms with E-state index in [0.29, 0.717) is 4.90 Å². The van der Waals surface area contributed by atoms with E-state index < -0.39 is 48.4 Å². The molecule has 2 aliphatic rings. The first kappa shape index (κ1) is 27.6. The fourth-order valence-electron chi connectivity index (χ4n) is 3.72. The maximum Gasteiger partial charge on any atom is 0.326 e. The number of hydrogen-bond acceptors (Lipinski definition) is 8. The number of benzene rings is 1. The Morgan fingerprint density at radius 3 is 2.06 bits per heavy atom. The van der Waals surface area contributed by atoms with Crippen molar-refractivity contribution < 1.29 is 39.0 Å². The summed E-state index contributed by atoms with van der Waals surface area (Å²) >= 11 is 0. The Kier molecular flexibility index (Phi) is 9.20. The number of likely N-dealkylation sites (N-methyl/N-ethyl adjacent to an activating group) is 1. The Hall–Kier alpha value is -3.64. The Balaban J connectivity index is 0.000000271. The number of aliphatic hydroxyl groups excluding tert-OH is 1. The first-order valence-electron chi connectivity index (χ1n) is 11.0. The van der Waals surface area contributed by atoms with Gasteiger partial charge in [0.05, 0.1) is 17.7 Å². The van der Waals surface area contributed by atoms with Crippen LogP contribution in [0, 0.1) is 5.92 Å². The predicted molar refractivity (Wildman–Crippen MR) is 122 cm³/mol. The lowest BCUT2D eigenvalue weighted by Gasteiger charge is -2.33. The first-order valence-corrected chi connectivity index (χ1v) is 11.0. The first-order chi connectivity index (χ1) is 16.4. The van der Waals surface area contributed by atoms with Crippen LogP contribution in [0.25, 0.3) is 0 Å². The summed E-state index contributed by atoms with van der Waals surface area (Å²) < 4.78 is 0. The van der Waals surface area contributed by atoms with Gasteiger partial charge in [0.2, 0.25) is 11.8 Å². The fraction of sp³-hybridized carbons (Fsp3) is 0.478. The molecule has 5 amide bonds. The highest BCUT2D eigenvalue weighted by Gasteiger charge is 2.46. The Morgan fingerprint density at radius 2 is 1.63 bits per heavy atom. The number of amides is 5. The Bertz CT molecular complexity index is 988. The van der Waals surface area contributed by atoms with E-state index in [2.05, 4.69) is 5.32 Å². The van der Waals surface area contributed by atoms with Crippen molar-refractivity contribution in [2.75, 3.05) is 27.4 Å². The fourth-order valence-corrected chi connectivity index (χ4v) is 3.72. The number of fused-ring (bicyclic) bond motifs is 1. The van der Waals surface area contributed by atoms with Crippen molar-refractivity contribution in [1.29, 1.82) is 0 Å². The van der Waals surface area contributed by atoms with E-state index in [1.165, 1.54) is 12.1 Å². The number of rotatable bonds is 7. The molecule has 0 bridgehead atoms. The van der Waals surface area contributed by atoms with Crippen LogP contribution in [0.5, 0.6) is 0 Å². The molecule has 0 aliphatic carbocycles. The molecule has 12 heteroatoms. The molecule has 1 fully saturated rings. The van der Waals surface area contributed by atoms with Gasteiger partial charge in [0, 0.05) is 6.42 Å². The molecule has 1 saturated heterocycles. The lowest BCUT2D eigenvalue weighted by atomic mass is 10.0. The highest BCUT2D eigenvalue weighted by molar-refractivity contribution is 6.23. The maximum atomic E-state index is 12.3. The molecule has 35 heavy (non-hydrogen) atoms. The number of carboxylic acids is 1. The van der Waals surface area contributed by atoms with Gasteiger partial charge in [0.1, 0.15) is 18.8 Å². The standard InChI is InChI=1S/C14H12N2O5.C9H18N2O3/c17-7-15-11(18)6-5-10(14(15)21)16-12(19)8-3-1-2-4-9(8)13(16)20;1-6(2)8(9(13)14)10-7(12)5-11(3)4/h1-4,10,17H,5-7H2;6,8H,5H2,1-4H3,(H,10,12)(H,13,14)/t;8-/m.0/s1. The van der Waals surface area contributed by atoms with Gasteiger partial charge in [-0.2, -0.15) is 0 Å². The van der Waals surface area contributed by atoms with Crippen molar-refractivity contribution in [3.8, 4) is 0 Å². The minimum absolute atomic E-state index is 0.00434. The summed E-state index contributed by atoms with van der Waals surface area (Å²) in [5.74, 6) is -3.68. The summed E-state index contributed by atoms with van der Waals surface area (Å²) in [6.07, 6.45) is 0.0873. The quantitative estimate of drug-likeness (QED) is 0.428. The Morgan fingerprint density at radius 1 is 1.09 bits per heavy atom. The number of carbonyl (C=O) groups excluding carboxylic acids is 5. The average molecular weight is 491 g/mol. The SMILES string of the molecule is CC(C)[C@H](NC(=O)CN(C)C)C(=O)O.O=C1CCC(N2C(=O)c3ccccc3C2=O)C(=O)N1CO. The third kappa shape index (κ3) is 6.28. The van der Waals surface area contributed by atoms with Gasteiger partial charge in [0.15, 0.2) is 0 Å². The van der Waals surface area contributed by atoms with E-state index in [9.17, 15) is 28.8 Å². The third-order valence-corrected chi connectivity index (χ3v) is 5.47. The molecule has 12 nitrogen and oxygen atoms in total. The van der Waals surface area contributed by atoms with E-state index in [0.717, 1.165) is 4.90 Å². The molecular formula is C23H30N4O8. The van der Waals surface area contributed by atoms with Crippen molar-refractivity contribution >= 4 is 35.5 Å². The molecule has 3 N–H and O–H groups in total. The van der Waals surface area contributed by atoms with E-state index in [-0.39, 0.29) is 42.3 Å². The molecule has 0 saturated carbocycles. The van der Waals surface area contributed by atoms with Crippen LogP contribution in [-0.2, 0) is 19.2 Å². The zero-order valence-corrected chi connectivity index (χ0v) is 20.1. The van der Waals surface area contributed by atoms with Crippen molar-refractivity contribution in [2.45, 2.75) is 38.8 Å². The molecule has 0 radical (unpaired) electrons. The smallest absolute Gasteiger partial charge is 0.326 e. The van der Waals surface area contributed by atoms with Crippen LogP contribution < -0.4 is 5.32 Å². The molecule has 2 atom stereocenters. The number of carbonyl (C=O) groups is 6. The topological polar surface area (TPSA) is 165 Å². The minimum atomic E-state index is -1.04. The predicted octanol–water partition coefficient (Wildman–Crippen LogP) is -0.477. The van der Waals surface area contributed by atoms with Gasteiger partial charge < -0.3 is 20.4 Å². The number of aliphatic hydroxyl groups is 1. The molecule has 1 aromatic carbocycles. The molecule has 2 heterocycles. The van der Waals surface area contributed by atoms with Crippen molar-refractivity contribution in [2.24, 2.45) is 5.92 Å². The normalized spacial score (nSPS) is 18.4. The summed E-state index contributed by atoms with van der Waals surface area (Å²) in [4.78, 5) is 73.6. The summed E-state index contributed by atoms with van der Waals surface area (Å²) in [6, 6.07) is 4.49. The van der Waals surface area contributed by atoms with Gasteiger partial charge >= 0.3 is 5.97 Å². The van der Waals surface area contributed by atoms with Gasteiger partial charge in [0.25, 0.3) is 17.7 Å². The number of likely N-dealkylation sites (tertiary alicyclic amines) is 1. The highest BCUT2D eigenvalue weighted by atomic mass is 16.4. The molecular weight excluding hydrogens is 460 g/mol. The lowest BCUT2D eigenvalue weighted by Crippen LogP contribution is -2.56. The second-order valence-corrected chi connectivity index (χ2v) is 8.75. The summed E-state index contributed by atoms with van der Waals surface area (Å²) in [5.41, 5.74) is 0.505. The number of hydrogen-bond donors (Lipinski definition) is 3. The number of imide groups is 2. The van der Waals surface area contributed by atoms with Gasteiger partial charge in [-0.05, 0) is 38.6 Å². The van der Waals surface area contributed by atoms with Crippen LogP contribution >= 0.6 is 0 Å². The van der Waals surface area contributed by atoms with Crippen molar-refractivity contribution in [1.82, 2.24) is 20.0 Å². The van der Waals surface area contributed by atoms with E-state index in [1.807, 2.05) is 0 Å². The largest absolute Gasteiger partial charge is 0.480 e. The van der Waals surface area contributed by atoms with Gasteiger partial charge in [-0.3, -0.25) is 33.8 Å². The number of nitrogens with one attached hydrogen (secondary N) is 1. The lowest BCUT2D eigenvalue weighted by molar-refractivity contribution is -0.156. The van der Waals surface area contributed by atoms with Gasteiger partial charge in [-0.1, -0.05) is 26.0 Å². The monoisotopic (exact) mass is 490 g/mol. The summed E-state index contributed by atoms with van der Waals surface area (Å²) in [5, 5.41) is 20.4. The van der Waals surface area contributed by atoms with Crippen LogP contribution in [-0.4, -0.2) is 99.9 Å². The van der Waals surface area contributed by atoms with E-state index in [1.54, 1.807) is 45.0 Å². The van der Waals surface area contributed by atoms with Gasteiger partial charge in [-0.15, -0.1) is 0 Å². The average Bonchev–Trinajstić information content (AvgIpc) is 3.03. The molecule has 2 aliphatic heterocycles. The number of carboxylic acid groups (broad SMARTS) is 1. The highest BCUT2D eigenvalue weighted by Crippen LogP contribution is 2.28. The van der Waals surface area contributed by atoms with Crippen molar-refractivity contribution in [3.63, 3.8) is 0 Å². The van der Waals surface area contributed by atoms with Crippen LogP contribution in [0.3, 0.4) is 0 Å². The molecule has 3 rings (SSSR count). The van der Waals surface area contributed by atoms with Crippen molar-refractivity contribution in [3.05, 3.63) is 35.4 Å². The minimum Gasteiger partial charge on any atom is -0.480 e. The van der Waals surface area contributed by atoms with Crippen LogP contribution in [0.2, 0.25) is 0 Å². The van der Waals surface area contributed by atoms with Crippen LogP contribution in [0.15, 0.2) is 24.3 Å². The second kappa shape index (κ2) is 11.7. The maximum absolute atomic E-state index is 12.3. The van der Waals surface area contributed by atoms with E-state index in [4.69, 9.17) is 10.2 Å². The zero-order chi connectivity index (χ0) is 26.4. The summed E-state index contributed by atoms with van der Waals surface area (Å²) in [7, 11) is 3.51. The molecule has 1 aromatic rings. The second-order valence-electron chi connectivity index (χ2n) is 8.75. The van der Waals surface area contributed by atoms with E-state index >= 15 is 0 Å². The molecule has 190 valence electrons. The summed E-state index contributed by atoms with van der Waals surface area (Å²) in [6.45, 7) is 2.97.